The minimum Gasteiger partial charge on any atom is -0.352 e. The van der Waals surface area contributed by atoms with Crippen molar-refractivity contribution in [1.29, 1.82) is 0 Å². The number of nitrogens with zero attached hydrogens (tertiary/aromatic N) is 2. The van der Waals surface area contributed by atoms with E-state index in [1.165, 1.54) is 17.0 Å². The SMILES string of the molecule is Cc1cn2c(/C=C/C(=O)NCCSCc3ccccc3F)c(C)nc2s1. The molecule has 0 saturated heterocycles. The van der Waals surface area contributed by atoms with Gasteiger partial charge in [-0.1, -0.05) is 18.2 Å². The fraction of sp³-hybridized carbons (Fsp3) is 0.263. The van der Waals surface area contributed by atoms with Crippen LogP contribution in [0.3, 0.4) is 0 Å². The van der Waals surface area contributed by atoms with Crippen molar-refractivity contribution in [3.05, 3.63) is 64.2 Å². The van der Waals surface area contributed by atoms with Gasteiger partial charge in [0.25, 0.3) is 0 Å². The van der Waals surface area contributed by atoms with E-state index < -0.39 is 0 Å². The number of benzene rings is 1. The summed E-state index contributed by atoms with van der Waals surface area (Å²) >= 11 is 3.22. The Labute approximate surface area is 160 Å². The Kier molecular flexibility index (Phi) is 6.11. The summed E-state index contributed by atoms with van der Waals surface area (Å²) < 4.78 is 15.5. The van der Waals surface area contributed by atoms with Crippen molar-refractivity contribution in [1.82, 2.24) is 14.7 Å². The van der Waals surface area contributed by atoms with Gasteiger partial charge >= 0.3 is 0 Å². The highest BCUT2D eigenvalue weighted by Gasteiger charge is 2.08. The highest BCUT2D eigenvalue weighted by Crippen LogP contribution is 2.21. The molecule has 2 aromatic heterocycles. The van der Waals surface area contributed by atoms with Gasteiger partial charge in [-0.05, 0) is 31.6 Å². The van der Waals surface area contributed by atoms with Gasteiger partial charge in [0.15, 0.2) is 4.96 Å². The number of thiazole rings is 1. The topological polar surface area (TPSA) is 46.4 Å². The molecule has 0 aliphatic carbocycles. The van der Waals surface area contributed by atoms with Gasteiger partial charge in [0.1, 0.15) is 5.82 Å². The molecule has 3 rings (SSSR count). The number of carbonyl (C=O) groups is 1. The van der Waals surface area contributed by atoms with E-state index in [-0.39, 0.29) is 11.7 Å². The number of hydrogen-bond acceptors (Lipinski definition) is 4. The molecule has 1 aromatic carbocycles. The van der Waals surface area contributed by atoms with Gasteiger partial charge in [-0.25, -0.2) is 9.37 Å². The van der Waals surface area contributed by atoms with E-state index in [9.17, 15) is 9.18 Å². The molecule has 136 valence electrons. The van der Waals surface area contributed by atoms with Crippen LogP contribution in [-0.4, -0.2) is 27.6 Å². The number of imidazole rings is 1. The molecule has 0 spiro atoms. The van der Waals surface area contributed by atoms with Crippen LogP contribution in [0.15, 0.2) is 36.5 Å². The second kappa shape index (κ2) is 8.51. The smallest absolute Gasteiger partial charge is 0.244 e. The number of aryl methyl sites for hydroxylation is 2. The van der Waals surface area contributed by atoms with Crippen molar-refractivity contribution >= 4 is 40.0 Å². The van der Waals surface area contributed by atoms with E-state index in [0.29, 0.717) is 17.9 Å². The lowest BCUT2D eigenvalue weighted by Crippen LogP contribution is -2.23. The van der Waals surface area contributed by atoms with Crippen molar-refractivity contribution in [2.24, 2.45) is 0 Å². The summed E-state index contributed by atoms with van der Waals surface area (Å²) in [5, 5.41) is 2.85. The van der Waals surface area contributed by atoms with Crippen molar-refractivity contribution in [2.45, 2.75) is 19.6 Å². The van der Waals surface area contributed by atoms with Gasteiger partial charge < -0.3 is 5.32 Å². The van der Waals surface area contributed by atoms with Crippen molar-refractivity contribution in [2.75, 3.05) is 12.3 Å². The first-order chi connectivity index (χ1) is 12.5. The predicted octanol–water partition coefficient (Wildman–Crippen LogP) is 4.21. The Morgan fingerprint density at radius 1 is 1.38 bits per heavy atom. The second-order valence-electron chi connectivity index (χ2n) is 5.85. The summed E-state index contributed by atoms with van der Waals surface area (Å²) in [5.41, 5.74) is 2.52. The first kappa shape index (κ1) is 18.7. The molecule has 0 aliphatic heterocycles. The largest absolute Gasteiger partial charge is 0.352 e. The molecule has 0 saturated carbocycles. The van der Waals surface area contributed by atoms with Gasteiger partial charge in [0.05, 0.1) is 11.4 Å². The van der Waals surface area contributed by atoms with Crippen LogP contribution in [0.1, 0.15) is 21.8 Å². The highest BCUT2D eigenvalue weighted by molar-refractivity contribution is 7.98. The summed E-state index contributed by atoms with van der Waals surface area (Å²) in [7, 11) is 0. The van der Waals surface area contributed by atoms with Crippen LogP contribution in [0, 0.1) is 19.7 Å². The van der Waals surface area contributed by atoms with E-state index in [0.717, 1.165) is 22.1 Å². The average molecular weight is 390 g/mol. The minimum atomic E-state index is -0.182. The third-order valence-electron chi connectivity index (χ3n) is 3.82. The van der Waals surface area contributed by atoms with Crippen molar-refractivity contribution < 1.29 is 9.18 Å². The minimum absolute atomic E-state index is 0.141. The maximum atomic E-state index is 13.5. The fourth-order valence-electron chi connectivity index (χ4n) is 2.54. The third kappa shape index (κ3) is 4.53. The fourth-order valence-corrected chi connectivity index (χ4v) is 4.26. The van der Waals surface area contributed by atoms with Gasteiger partial charge in [0.2, 0.25) is 5.91 Å². The Morgan fingerprint density at radius 2 is 2.19 bits per heavy atom. The van der Waals surface area contributed by atoms with Crippen molar-refractivity contribution in [3.8, 4) is 0 Å². The number of hydrogen-bond donors (Lipinski definition) is 1. The quantitative estimate of drug-likeness (QED) is 0.486. The zero-order valence-electron chi connectivity index (χ0n) is 14.7. The molecule has 1 N–H and O–H groups in total. The molecule has 26 heavy (non-hydrogen) atoms. The van der Waals surface area contributed by atoms with Crippen LogP contribution in [-0.2, 0) is 10.5 Å². The summed E-state index contributed by atoms with van der Waals surface area (Å²) in [5.74, 6) is 1.01. The second-order valence-corrected chi connectivity index (χ2v) is 8.16. The molecular weight excluding hydrogens is 369 g/mol. The lowest BCUT2D eigenvalue weighted by Gasteiger charge is -2.04. The maximum absolute atomic E-state index is 13.5. The Bertz CT molecular complexity index is 946. The highest BCUT2D eigenvalue weighted by atomic mass is 32.2. The number of rotatable bonds is 7. The van der Waals surface area contributed by atoms with Crippen LogP contribution >= 0.6 is 23.1 Å². The lowest BCUT2D eigenvalue weighted by atomic mass is 10.2. The van der Waals surface area contributed by atoms with Crippen LogP contribution in [0.4, 0.5) is 4.39 Å². The molecule has 0 atom stereocenters. The standard InChI is InChI=1S/C19H20FN3OS2/c1-13-11-23-17(14(2)22-19(23)26-13)7-8-18(24)21-9-10-25-12-15-5-3-4-6-16(15)20/h3-8,11H,9-10,12H2,1-2H3,(H,21,24)/b8-7+. The molecule has 1 amide bonds. The number of thioether (sulfide) groups is 1. The van der Waals surface area contributed by atoms with E-state index in [4.69, 9.17) is 0 Å². The van der Waals surface area contributed by atoms with Gasteiger partial charge in [0, 0.05) is 35.2 Å². The molecular formula is C19H20FN3OS2. The van der Waals surface area contributed by atoms with Crippen LogP contribution in [0.25, 0.3) is 11.0 Å². The summed E-state index contributed by atoms with van der Waals surface area (Å²) in [6, 6.07) is 6.76. The predicted molar refractivity (Wildman–Crippen MR) is 107 cm³/mol. The molecule has 0 radical (unpaired) electrons. The molecule has 0 aliphatic rings. The molecule has 0 unspecified atom stereocenters. The van der Waals surface area contributed by atoms with Gasteiger partial charge in [-0.15, -0.1) is 11.3 Å². The zero-order chi connectivity index (χ0) is 18.5. The summed E-state index contributed by atoms with van der Waals surface area (Å²) in [4.78, 5) is 18.6. The number of carbonyl (C=O) groups excluding carboxylic acids is 1. The zero-order valence-corrected chi connectivity index (χ0v) is 16.3. The van der Waals surface area contributed by atoms with Crippen LogP contribution < -0.4 is 5.32 Å². The third-order valence-corrected chi connectivity index (χ3v) is 5.72. The van der Waals surface area contributed by atoms with Crippen LogP contribution in [0.2, 0.25) is 0 Å². The van der Waals surface area contributed by atoms with E-state index in [2.05, 4.69) is 10.3 Å². The maximum Gasteiger partial charge on any atom is 0.244 e. The Hall–Kier alpha value is -2.12. The summed E-state index contributed by atoms with van der Waals surface area (Å²) in [6.07, 6.45) is 5.35. The summed E-state index contributed by atoms with van der Waals surface area (Å²) in [6.45, 7) is 4.51. The van der Waals surface area contributed by atoms with Crippen LogP contribution in [0.5, 0.6) is 0 Å². The van der Waals surface area contributed by atoms with Gasteiger partial charge in [-0.3, -0.25) is 9.20 Å². The lowest BCUT2D eigenvalue weighted by molar-refractivity contribution is -0.116. The first-order valence-electron chi connectivity index (χ1n) is 8.27. The molecule has 3 aromatic rings. The number of amides is 1. The molecule has 7 heteroatoms. The molecule has 4 nitrogen and oxygen atoms in total. The normalized spacial score (nSPS) is 11.5. The van der Waals surface area contributed by atoms with Gasteiger partial charge in [-0.2, -0.15) is 11.8 Å². The Morgan fingerprint density at radius 3 is 3.00 bits per heavy atom. The van der Waals surface area contributed by atoms with E-state index in [1.54, 1.807) is 41.3 Å². The monoisotopic (exact) mass is 389 g/mol. The molecule has 0 fully saturated rings. The number of fused-ring (bicyclic) bond motifs is 1. The Balaban J connectivity index is 1.46. The van der Waals surface area contributed by atoms with E-state index >= 15 is 0 Å². The van der Waals surface area contributed by atoms with E-state index in [1.807, 2.05) is 30.5 Å². The molecule has 0 bridgehead atoms. The number of aromatic nitrogens is 2. The molecule has 2 heterocycles. The van der Waals surface area contributed by atoms with Crippen molar-refractivity contribution in [3.63, 3.8) is 0 Å². The number of halogens is 1. The number of nitrogens with one attached hydrogen (secondary N) is 1. The first-order valence-corrected chi connectivity index (χ1v) is 10.2. The average Bonchev–Trinajstić information content (AvgIpc) is 3.09.